The quantitative estimate of drug-likeness (QED) is 0.368. The Hall–Kier alpha value is -3.36. The number of Topliss-reactive ketones (excluding diaryl/α,β-unsaturated/α-hetero) is 1. The summed E-state index contributed by atoms with van der Waals surface area (Å²) in [5, 5.41) is 2.93. The molecule has 0 amide bonds. The monoisotopic (exact) mass is 411 g/mol. The van der Waals surface area contributed by atoms with E-state index in [-0.39, 0.29) is 23.1 Å². The Labute approximate surface area is 168 Å². The van der Waals surface area contributed by atoms with Gasteiger partial charge in [-0.2, -0.15) is 8.42 Å². The number of benzene rings is 3. The molecule has 0 heterocycles. The van der Waals surface area contributed by atoms with Crippen LogP contribution in [-0.2, 0) is 10.0 Å². The van der Waals surface area contributed by atoms with Crippen molar-refractivity contribution in [3.63, 3.8) is 0 Å². The van der Waals surface area contributed by atoms with Gasteiger partial charge in [0.05, 0.1) is 11.4 Å². The number of anilines is 1. The zero-order valence-corrected chi connectivity index (χ0v) is 16.1. The molecule has 0 atom stereocenters. The molecule has 0 aliphatic rings. The number of nitrogens with zero attached hydrogens (tertiary/aromatic N) is 1. The summed E-state index contributed by atoms with van der Waals surface area (Å²) < 4.78 is 42.6. The summed E-state index contributed by atoms with van der Waals surface area (Å²) in [6.07, 6.45) is 0. The largest absolute Gasteiger partial charge is 0.339 e. The third-order valence-corrected chi connectivity index (χ3v) is 5.32. The fourth-order valence-corrected chi connectivity index (χ4v) is 3.51. The average molecular weight is 411 g/mol. The smallest absolute Gasteiger partial charge is 0.284 e. The first-order valence-corrected chi connectivity index (χ1v) is 10.1. The summed E-state index contributed by atoms with van der Waals surface area (Å²) >= 11 is 0. The maximum absolute atomic E-state index is 13.3. The van der Waals surface area contributed by atoms with Crippen LogP contribution in [0.3, 0.4) is 0 Å². The van der Waals surface area contributed by atoms with Crippen LogP contribution in [0.1, 0.15) is 15.9 Å². The lowest BCUT2D eigenvalue weighted by Crippen LogP contribution is -2.17. The first-order chi connectivity index (χ1) is 13.9. The summed E-state index contributed by atoms with van der Waals surface area (Å²) in [5.74, 6) is -0.647. The third kappa shape index (κ3) is 5.13. The molecular weight excluding hydrogens is 393 g/mol. The summed E-state index contributed by atoms with van der Waals surface area (Å²) in [7, 11) is -4.00. The lowest BCUT2D eigenvalue weighted by molar-refractivity contribution is 0.100. The Bertz CT molecular complexity index is 1130. The lowest BCUT2D eigenvalue weighted by atomic mass is 10.1. The van der Waals surface area contributed by atoms with Crippen molar-refractivity contribution in [2.24, 2.45) is 10.1 Å². The standard InChI is InChI=1S/C21H18FN3O3S/c22-17-10-6-16(7-11-17)21(25-29(27,28)19-4-2-1-3-5-19)24-18-12-8-15(9-13-18)20(26)14-23/h1-13H,14,23H2,(H,24,25). The fraction of sp³-hybridized carbons (Fsp3) is 0.0476. The van der Waals surface area contributed by atoms with Gasteiger partial charge in [-0.1, -0.05) is 18.2 Å². The number of halogens is 1. The topological polar surface area (TPSA) is 102 Å². The van der Waals surface area contributed by atoms with E-state index < -0.39 is 15.8 Å². The van der Waals surface area contributed by atoms with Gasteiger partial charge in [-0.05, 0) is 60.7 Å². The number of rotatable bonds is 6. The van der Waals surface area contributed by atoms with Crippen LogP contribution in [0.25, 0.3) is 0 Å². The number of carbonyl (C=O) groups excluding carboxylic acids is 1. The minimum Gasteiger partial charge on any atom is -0.339 e. The molecule has 29 heavy (non-hydrogen) atoms. The number of nitrogens with two attached hydrogens (primary N) is 1. The number of nitrogens with one attached hydrogen (secondary N) is 1. The van der Waals surface area contributed by atoms with Gasteiger partial charge in [-0.3, -0.25) is 4.79 Å². The molecule has 0 aromatic heterocycles. The molecule has 3 N–H and O–H groups in total. The van der Waals surface area contributed by atoms with Gasteiger partial charge < -0.3 is 11.1 Å². The second kappa shape index (κ2) is 8.76. The Balaban J connectivity index is 2.00. The van der Waals surface area contributed by atoms with E-state index in [4.69, 9.17) is 5.73 Å². The number of hydrogen-bond acceptors (Lipinski definition) is 4. The highest BCUT2D eigenvalue weighted by molar-refractivity contribution is 7.90. The molecule has 0 aliphatic carbocycles. The maximum Gasteiger partial charge on any atom is 0.284 e. The van der Waals surface area contributed by atoms with E-state index in [1.165, 1.54) is 36.4 Å². The van der Waals surface area contributed by atoms with Crippen molar-refractivity contribution in [3.8, 4) is 0 Å². The number of hydrogen-bond donors (Lipinski definition) is 2. The van der Waals surface area contributed by atoms with Crippen LogP contribution >= 0.6 is 0 Å². The third-order valence-electron chi connectivity index (χ3n) is 4.03. The van der Waals surface area contributed by atoms with Crippen molar-refractivity contribution in [1.29, 1.82) is 0 Å². The second-order valence-electron chi connectivity index (χ2n) is 6.06. The van der Waals surface area contributed by atoms with Crippen LogP contribution in [0, 0.1) is 5.82 Å². The minimum absolute atomic E-state index is 0.0201. The summed E-state index contributed by atoms with van der Waals surface area (Å²) in [4.78, 5) is 11.7. The zero-order chi connectivity index (χ0) is 20.9. The number of ketones is 1. The van der Waals surface area contributed by atoms with E-state index in [0.29, 0.717) is 16.8 Å². The van der Waals surface area contributed by atoms with Gasteiger partial charge in [0.2, 0.25) is 0 Å². The SMILES string of the molecule is NCC(=O)c1ccc(N/C(=N/S(=O)(=O)c2ccccc2)c2ccc(F)cc2)cc1. The van der Waals surface area contributed by atoms with Gasteiger partial charge in [-0.15, -0.1) is 4.40 Å². The molecule has 0 spiro atoms. The van der Waals surface area contributed by atoms with Crippen LogP contribution in [0.5, 0.6) is 0 Å². The minimum atomic E-state index is -4.00. The summed E-state index contributed by atoms with van der Waals surface area (Å²) in [5.41, 5.74) is 6.68. The maximum atomic E-state index is 13.3. The molecule has 3 aromatic carbocycles. The van der Waals surface area contributed by atoms with Gasteiger partial charge in [0.1, 0.15) is 5.82 Å². The van der Waals surface area contributed by atoms with E-state index in [9.17, 15) is 17.6 Å². The number of carbonyl (C=O) groups is 1. The van der Waals surface area contributed by atoms with Crippen LogP contribution in [0.15, 0.2) is 88.2 Å². The molecule has 0 aliphatic heterocycles. The molecule has 0 saturated heterocycles. The van der Waals surface area contributed by atoms with Crippen LogP contribution in [0.2, 0.25) is 0 Å². The van der Waals surface area contributed by atoms with Crippen LogP contribution in [-0.4, -0.2) is 26.6 Å². The van der Waals surface area contributed by atoms with Gasteiger partial charge >= 0.3 is 0 Å². The normalized spacial score (nSPS) is 11.9. The van der Waals surface area contributed by atoms with Crippen molar-refractivity contribution >= 4 is 27.3 Å². The Morgan fingerprint density at radius 3 is 2.07 bits per heavy atom. The van der Waals surface area contributed by atoms with Gasteiger partial charge in [0.25, 0.3) is 10.0 Å². The van der Waals surface area contributed by atoms with E-state index >= 15 is 0 Å². The molecule has 0 unspecified atom stereocenters. The second-order valence-corrected chi connectivity index (χ2v) is 7.67. The molecule has 0 saturated carbocycles. The highest BCUT2D eigenvalue weighted by Crippen LogP contribution is 2.17. The molecule has 8 heteroatoms. The van der Waals surface area contributed by atoms with Gasteiger partial charge in [-0.25, -0.2) is 4.39 Å². The highest BCUT2D eigenvalue weighted by Gasteiger charge is 2.16. The number of sulfonamides is 1. The first-order valence-electron chi connectivity index (χ1n) is 8.65. The van der Waals surface area contributed by atoms with Crippen molar-refractivity contribution in [2.45, 2.75) is 4.90 Å². The number of amidine groups is 1. The Kier molecular flexibility index (Phi) is 6.16. The van der Waals surface area contributed by atoms with E-state index in [1.54, 1.807) is 42.5 Å². The van der Waals surface area contributed by atoms with Crippen molar-refractivity contribution in [2.75, 3.05) is 11.9 Å². The van der Waals surface area contributed by atoms with Crippen molar-refractivity contribution in [3.05, 3.63) is 95.8 Å². The van der Waals surface area contributed by atoms with Crippen LogP contribution < -0.4 is 11.1 Å². The highest BCUT2D eigenvalue weighted by atomic mass is 32.2. The summed E-state index contributed by atoms with van der Waals surface area (Å²) in [6.45, 7) is -0.107. The molecule has 148 valence electrons. The molecule has 3 rings (SSSR count). The molecule has 3 aromatic rings. The Morgan fingerprint density at radius 2 is 1.48 bits per heavy atom. The van der Waals surface area contributed by atoms with Gasteiger partial charge in [0.15, 0.2) is 11.6 Å². The van der Waals surface area contributed by atoms with Crippen molar-refractivity contribution < 1.29 is 17.6 Å². The van der Waals surface area contributed by atoms with E-state index in [1.807, 2.05) is 0 Å². The molecule has 6 nitrogen and oxygen atoms in total. The predicted molar refractivity (Wildman–Crippen MR) is 110 cm³/mol. The molecular formula is C21H18FN3O3S. The fourth-order valence-electron chi connectivity index (χ4n) is 2.51. The molecule has 0 radical (unpaired) electrons. The first kappa shape index (κ1) is 20.4. The predicted octanol–water partition coefficient (Wildman–Crippen LogP) is 3.21. The lowest BCUT2D eigenvalue weighted by Gasteiger charge is -2.11. The molecule has 0 bridgehead atoms. The van der Waals surface area contributed by atoms with E-state index in [0.717, 1.165) is 0 Å². The van der Waals surface area contributed by atoms with E-state index in [2.05, 4.69) is 9.71 Å². The Morgan fingerprint density at radius 1 is 0.897 bits per heavy atom. The average Bonchev–Trinajstić information content (AvgIpc) is 2.74. The molecule has 0 fully saturated rings. The van der Waals surface area contributed by atoms with Crippen molar-refractivity contribution in [1.82, 2.24) is 0 Å². The zero-order valence-electron chi connectivity index (χ0n) is 15.2. The van der Waals surface area contributed by atoms with Gasteiger partial charge in [0, 0.05) is 16.8 Å². The summed E-state index contributed by atoms with van der Waals surface area (Å²) in [6, 6.07) is 19.4. The van der Waals surface area contributed by atoms with Crippen LogP contribution in [0.4, 0.5) is 10.1 Å².